The highest BCUT2D eigenvalue weighted by atomic mass is 16.6. The SMILES string of the molecule is Cc1cnc(Cn2cc(CCCN)nn2)c(C)c1[N+](=O)[O-]. The first-order chi connectivity index (χ1) is 10.0. The third-order valence-corrected chi connectivity index (χ3v) is 3.29. The van der Waals surface area contributed by atoms with Gasteiger partial charge >= 0.3 is 0 Å². The molecule has 112 valence electrons. The molecule has 0 spiro atoms. The monoisotopic (exact) mass is 290 g/mol. The Hall–Kier alpha value is -2.35. The molecule has 0 aliphatic rings. The first-order valence-corrected chi connectivity index (χ1v) is 6.71. The van der Waals surface area contributed by atoms with Crippen molar-refractivity contribution in [3.05, 3.63) is 45.0 Å². The summed E-state index contributed by atoms with van der Waals surface area (Å²) in [6.45, 7) is 4.36. The van der Waals surface area contributed by atoms with E-state index in [1.54, 1.807) is 18.5 Å². The van der Waals surface area contributed by atoms with Gasteiger partial charge in [0, 0.05) is 18.0 Å². The van der Waals surface area contributed by atoms with E-state index < -0.39 is 0 Å². The van der Waals surface area contributed by atoms with Gasteiger partial charge in [-0.2, -0.15) is 0 Å². The van der Waals surface area contributed by atoms with Gasteiger partial charge < -0.3 is 5.73 Å². The van der Waals surface area contributed by atoms with Crippen molar-refractivity contribution in [3.63, 3.8) is 0 Å². The fourth-order valence-electron chi connectivity index (χ4n) is 2.17. The van der Waals surface area contributed by atoms with E-state index in [9.17, 15) is 10.1 Å². The lowest BCUT2D eigenvalue weighted by Gasteiger charge is -2.07. The minimum atomic E-state index is -0.371. The fraction of sp³-hybridized carbons (Fsp3) is 0.462. The highest BCUT2D eigenvalue weighted by Gasteiger charge is 2.19. The molecule has 0 amide bonds. The Kier molecular flexibility index (Phi) is 4.59. The Morgan fingerprint density at radius 3 is 2.86 bits per heavy atom. The number of rotatable bonds is 6. The number of nitro groups is 1. The van der Waals surface area contributed by atoms with E-state index in [-0.39, 0.29) is 10.6 Å². The van der Waals surface area contributed by atoms with Crippen LogP contribution in [0, 0.1) is 24.0 Å². The van der Waals surface area contributed by atoms with Crippen LogP contribution in [0.25, 0.3) is 0 Å². The molecule has 0 unspecified atom stereocenters. The predicted octanol–water partition coefficient (Wildman–Crippen LogP) is 1.14. The second-order valence-electron chi connectivity index (χ2n) is 4.92. The van der Waals surface area contributed by atoms with Gasteiger partial charge in [-0.3, -0.25) is 15.1 Å². The number of hydrogen-bond donors (Lipinski definition) is 1. The summed E-state index contributed by atoms with van der Waals surface area (Å²) in [5, 5.41) is 19.2. The first kappa shape index (κ1) is 15.0. The molecule has 0 atom stereocenters. The van der Waals surface area contributed by atoms with Crippen LogP contribution >= 0.6 is 0 Å². The van der Waals surface area contributed by atoms with Crippen LogP contribution in [0.5, 0.6) is 0 Å². The van der Waals surface area contributed by atoms with Crippen LogP contribution in [0.3, 0.4) is 0 Å². The Bertz CT molecular complexity index is 652. The summed E-state index contributed by atoms with van der Waals surface area (Å²) in [6, 6.07) is 0. The van der Waals surface area contributed by atoms with E-state index >= 15 is 0 Å². The zero-order valence-electron chi connectivity index (χ0n) is 12.1. The summed E-state index contributed by atoms with van der Waals surface area (Å²) in [7, 11) is 0. The lowest BCUT2D eigenvalue weighted by Crippen LogP contribution is -2.07. The van der Waals surface area contributed by atoms with Gasteiger partial charge in [0.25, 0.3) is 5.69 Å². The molecular formula is C13H18N6O2. The molecule has 0 aromatic carbocycles. The molecule has 0 aliphatic carbocycles. The predicted molar refractivity (Wildman–Crippen MR) is 76.9 cm³/mol. The summed E-state index contributed by atoms with van der Waals surface area (Å²) in [6.07, 6.45) is 4.97. The molecule has 2 aromatic rings. The zero-order chi connectivity index (χ0) is 15.4. The number of aromatic nitrogens is 4. The average molecular weight is 290 g/mol. The van der Waals surface area contributed by atoms with Crippen molar-refractivity contribution in [3.8, 4) is 0 Å². The van der Waals surface area contributed by atoms with Crippen molar-refractivity contribution in [2.75, 3.05) is 6.54 Å². The summed E-state index contributed by atoms with van der Waals surface area (Å²) in [4.78, 5) is 15.0. The van der Waals surface area contributed by atoms with Crippen molar-refractivity contribution in [2.45, 2.75) is 33.2 Å². The number of nitrogens with two attached hydrogens (primary N) is 1. The minimum absolute atomic E-state index is 0.114. The van der Waals surface area contributed by atoms with E-state index in [2.05, 4.69) is 15.3 Å². The number of pyridine rings is 1. The van der Waals surface area contributed by atoms with E-state index in [0.29, 0.717) is 29.9 Å². The molecule has 2 heterocycles. The van der Waals surface area contributed by atoms with Crippen LogP contribution < -0.4 is 5.73 Å². The normalized spacial score (nSPS) is 10.8. The molecule has 0 fully saturated rings. The smallest absolute Gasteiger partial charge is 0.278 e. The fourth-order valence-corrected chi connectivity index (χ4v) is 2.17. The highest BCUT2D eigenvalue weighted by molar-refractivity contribution is 5.47. The van der Waals surface area contributed by atoms with Gasteiger partial charge in [-0.05, 0) is 33.2 Å². The average Bonchev–Trinajstić information content (AvgIpc) is 2.87. The van der Waals surface area contributed by atoms with E-state index in [1.807, 2.05) is 6.20 Å². The molecule has 0 bridgehead atoms. The molecule has 0 saturated heterocycles. The van der Waals surface area contributed by atoms with Crippen molar-refractivity contribution in [1.29, 1.82) is 0 Å². The standard InChI is InChI=1S/C13H18N6O2/c1-9-6-15-12(10(2)13(9)19(20)21)8-18-7-11(16-17-18)4-3-5-14/h6-7H,3-5,8,14H2,1-2H3. The van der Waals surface area contributed by atoms with Crippen molar-refractivity contribution in [1.82, 2.24) is 20.0 Å². The van der Waals surface area contributed by atoms with Crippen LogP contribution in [-0.4, -0.2) is 31.4 Å². The summed E-state index contributed by atoms with van der Waals surface area (Å²) in [5.41, 5.74) is 8.19. The van der Waals surface area contributed by atoms with Gasteiger partial charge in [-0.1, -0.05) is 5.21 Å². The Balaban J connectivity index is 2.22. The summed E-state index contributed by atoms with van der Waals surface area (Å²) in [5.74, 6) is 0. The lowest BCUT2D eigenvalue weighted by atomic mass is 10.1. The maximum Gasteiger partial charge on any atom is 0.278 e. The van der Waals surface area contributed by atoms with Crippen LogP contribution in [0.15, 0.2) is 12.4 Å². The molecular weight excluding hydrogens is 272 g/mol. The van der Waals surface area contributed by atoms with Gasteiger partial charge in [-0.15, -0.1) is 5.10 Å². The van der Waals surface area contributed by atoms with Crippen molar-refractivity contribution in [2.24, 2.45) is 5.73 Å². The van der Waals surface area contributed by atoms with Crippen molar-refractivity contribution >= 4 is 5.69 Å². The molecule has 2 aromatic heterocycles. The zero-order valence-corrected chi connectivity index (χ0v) is 12.1. The molecule has 8 heteroatoms. The second-order valence-corrected chi connectivity index (χ2v) is 4.92. The van der Waals surface area contributed by atoms with Crippen molar-refractivity contribution < 1.29 is 4.92 Å². The molecule has 0 aliphatic heterocycles. The molecule has 8 nitrogen and oxygen atoms in total. The Labute approximate surface area is 122 Å². The number of nitrogens with zero attached hydrogens (tertiary/aromatic N) is 5. The third-order valence-electron chi connectivity index (χ3n) is 3.29. The Morgan fingerprint density at radius 2 is 2.19 bits per heavy atom. The van der Waals surface area contributed by atoms with Crippen LogP contribution in [-0.2, 0) is 13.0 Å². The first-order valence-electron chi connectivity index (χ1n) is 6.71. The van der Waals surface area contributed by atoms with Gasteiger partial charge in [0.15, 0.2) is 0 Å². The number of hydrogen-bond acceptors (Lipinski definition) is 6. The summed E-state index contributed by atoms with van der Waals surface area (Å²) >= 11 is 0. The van der Waals surface area contributed by atoms with Crippen LogP contribution in [0.2, 0.25) is 0 Å². The van der Waals surface area contributed by atoms with Crippen LogP contribution in [0.1, 0.15) is 28.9 Å². The van der Waals surface area contributed by atoms with Gasteiger partial charge in [-0.25, -0.2) is 4.68 Å². The van der Waals surface area contributed by atoms with E-state index in [0.717, 1.165) is 18.5 Å². The maximum atomic E-state index is 11.1. The second kappa shape index (κ2) is 6.40. The quantitative estimate of drug-likeness (QED) is 0.630. The highest BCUT2D eigenvalue weighted by Crippen LogP contribution is 2.24. The number of aryl methyl sites for hydroxylation is 2. The van der Waals surface area contributed by atoms with Gasteiger partial charge in [0.05, 0.1) is 28.4 Å². The van der Waals surface area contributed by atoms with Gasteiger partial charge in [0.1, 0.15) is 0 Å². The third kappa shape index (κ3) is 3.40. The Morgan fingerprint density at radius 1 is 1.43 bits per heavy atom. The molecule has 0 radical (unpaired) electrons. The molecule has 21 heavy (non-hydrogen) atoms. The van der Waals surface area contributed by atoms with E-state index in [4.69, 9.17) is 5.73 Å². The lowest BCUT2D eigenvalue weighted by molar-refractivity contribution is -0.386. The van der Waals surface area contributed by atoms with E-state index in [1.165, 1.54) is 6.20 Å². The topological polar surface area (TPSA) is 113 Å². The van der Waals surface area contributed by atoms with Gasteiger partial charge in [0.2, 0.25) is 0 Å². The molecule has 2 rings (SSSR count). The molecule has 2 N–H and O–H groups in total. The maximum absolute atomic E-state index is 11.1. The molecule has 0 saturated carbocycles. The minimum Gasteiger partial charge on any atom is -0.330 e. The summed E-state index contributed by atoms with van der Waals surface area (Å²) < 4.78 is 1.64. The largest absolute Gasteiger partial charge is 0.330 e. The van der Waals surface area contributed by atoms with Crippen LogP contribution in [0.4, 0.5) is 5.69 Å².